The topological polar surface area (TPSA) is 67.9 Å². The van der Waals surface area contributed by atoms with Gasteiger partial charge >= 0.3 is 0 Å². The number of nitrogens with one attached hydrogen (secondary N) is 1. The Bertz CT molecular complexity index is 1180. The maximum atomic E-state index is 13.7. The van der Waals surface area contributed by atoms with Gasteiger partial charge in [-0.2, -0.15) is 0 Å². The predicted molar refractivity (Wildman–Crippen MR) is 150 cm³/mol. The van der Waals surface area contributed by atoms with Crippen molar-refractivity contribution in [2.45, 2.75) is 46.2 Å². The number of carbonyl (C=O) groups is 2. The van der Waals surface area contributed by atoms with E-state index in [0.717, 1.165) is 33.1 Å². The summed E-state index contributed by atoms with van der Waals surface area (Å²) in [5.74, 6) is 0.853. The summed E-state index contributed by atoms with van der Waals surface area (Å²) < 4.78 is 12.3. The predicted octanol–water partition coefficient (Wildman–Crippen LogP) is 5.62. The second kappa shape index (κ2) is 13.8. The Labute approximate surface area is 228 Å². The van der Waals surface area contributed by atoms with E-state index in [1.807, 2.05) is 87.5 Å². The molecule has 0 spiro atoms. The Balaban J connectivity index is 1.92. The molecule has 0 fully saturated rings. The van der Waals surface area contributed by atoms with Crippen molar-refractivity contribution in [3.63, 3.8) is 0 Å². The van der Waals surface area contributed by atoms with E-state index in [2.05, 4.69) is 21.2 Å². The molecule has 0 saturated carbocycles. The fourth-order valence-corrected chi connectivity index (χ4v) is 4.33. The van der Waals surface area contributed by atoms with Crippen LogP contribution in [0.4, 0.5) is 0 Å². The molecule has 1 unspecified atom stereocenters. The van der Waals surface area contributed by atoms with Crippen LogP contribution in [-0.2, 0) is 22.6 Å². The Hall–Kier alpha value is -3.32. The second-order valence-electron chi connectivity index (χ2n) is 9.03. The third-order valence-corrected chi connectivity index (χ3v) is 7.33. The minimum atomic E-state index is -0.704. The second-order valence-corrected chi connectivity index (χ2v) is 9.82. The van der Waals surface area contributed by atoms with E-state index in [4.69, 9.17) is 9.47 Å². The van der Waals surface area contributed by atoms with Crippen LogP contribution in [0.2, 0.25) is 0 Å². The van der Waals surface area contributed by atoms with E-state index in [9.17, 15) is 9.59 Å². The van der Waals surface area contributed by atoms with Gasteiger partial charge in [-0.3, -0.25) is 9.59 Å². The van der Waals surface area contributed by atoms with Crippen molar-refractivity contribution in [3.8, 4) is 11.5 Å². The molecule has 1 N–H and O–H groups in total. The summed E-state index contributed by atoms with van der Waals surface area (Å²) in [4.78, 5) is 28.7. The average Bonchev–Trinajstić information content (AvgIpc) is 2.91. The van der Waals surface area contributed by atoms with Crippen molar-refractivity contribution in [1.82, 2.24) is 10.2 Å². The molecule has 0 aromatic heterocycles. The molecular formula is C30H35BrN2O4. The highest BCUT2D eigenvalue weighted by molar-refractivity contribution is 9.10. The van der Waals surface area contributed by atoms with E-state index in [-0.39, 0.29) is 25.0 Å². The number of rotatable bonds is 12. The van der Waals surface area contributed by atoms with Gasteiger partial charge < -0.3 is 19.7 Å². The number of methoxy groups -OCH3 is 1. The zero-order valence-electron chi connectivity index (χ0n) is 21.9. The van der Waals surface area contributed by atoms with Crippen LogP contribution in [0.5, 0.6) is 11.5 Å². The number of aryl methyl sites for hydroxylation is 2. The number of benzene rings is 3. The highest BCUT2D eigenvalue weighted by Gasteiger charge is 2.30. The van der Waals surface area contributed by atoms with E-state index < -0.39 is 6.04 Å². The SMILES string of the molecule is CCCNC(=O)C(Cc1ccccc1)N(Cc1cccc(OC)c1)C(=O)COc1cc(C)c(Br)c(C)c1. The first-order valence-electron chi connectivity index (χ1n) is 12.5. The Morgan fingerprint density at radius 1 is 0.946 bits per heavy atom. The molecule has 0 aliphatic rings. The van der Waals surface area contributed by atoms with Gasteiger partial charge in [0.15, 0.2) is 6.61 Å². The van der Waals surface area contributed by atoms with Crippen molar-refractivity contribution >= 4 is 27.7 Å². The van der Waals surface area contributed by atoms with Crippen LogP contribution in [0.25, 0.3) is 0 Å². The first kappa shape index (κ1) is 28.3. The van der Waals surface area contributed by atoms with Crippen molar-refractivity contribution in [1.29, 1.82) is 0 Å². The van der Waals surface area contributed by atoms with Crippen molar-refractivity contribution < 1.29 is 19.1 Å². The summed E-state index contributed by atoms with van der Waals surface area (Å²) in [5, 5.41) is 2.99. The Morgan fingerprint density at radius 2 is 1.62 bits per heavy atom. The molecule has 0 aliphatic heterocycles. The van der Waals surface area contributed by atoms with Crippen LogP contribution in [-0.4, -0.2) is 43.0 Å². The van der Waals surface area contributed by atoms with Gasteiger partial charge in [0.25, 0.3) is 5.91 Å². The monoisotopic (exact) mass is 566 g/mol. The highest BCUT2D eigenvalue weighted by atomic mass is 79.9. The molecule has 2 amide bonds. The average molecular weight is 568 g/mol. The maximum Gasteiger partial charge on any atom is 0.261 e. The molecule has 0 aliphatic carbocycles. The lowest BCUT2D eigenvalue weighted by Gasteiger charge is -2.31. The van der Waals surface area contributed by atoms with Crippen LogP contribution >= 0.6 is 15.9 Å². The van der Waals surface area contributed by atoms with E-state index in [1.54, 1.807) is 12.0 Å². The molecule has 3 aromatic carbocycles. The standard InChI is InChI=1S/C30H35BrN2O4/c1-5-14-32-30(35)27(18-23-10-7-6-8-11-23)33(19-24-12-9-13-25(17-24)36-4)28(34)20-37-26-15-21(2)29(31)22(3)16-26/h6-13,15-17,27H,5,14,18-20H2,1-4H3,(H,32,35). The summed E-state index contributed by atoms with van der Waals surface area (Å²) in [6.45, 7) is 6.57. The number of halogens is 1. The molecule has 0 bridgehead atoms. The van der Waals surface area contributed by atoms with E-state index in [1.165, 1.54) is 0 Å². The summed E-state index contributed by atoms with van der Waals surface area (Å²) in [6, 6.07) is 20.4. The first-order chi connectivity index (χ1) is 17.8. The fraction of sp³-hybridized carbons (Fsp3) is 0.333. The van der Waals surface area contributed by atoms with Gasteiger partial charge in [0, 0.05) is 24.0 Å². The smallest absolute Gasteiger partial charge is 0.261 e. The molecule has 0 heterocycles. The number of nitrogens with zero attached hydrogens (tertiary/aromatic N) is 1. The normalized spacial score (nSPS) is 11.5. The lowest BCUT2D eigenvalue weighted by Crippen LogP contribution is -2.51. The van der Waals surface area contributed by atoms with Crippen molar-refractivity contribution in [2.24, 2.45) is 0 Å². The van der Waals surface area contributed by atoms with Gasteiger partial charge in [0.2, 0.25) is 5.91 Å². The molecule has 3 aromatic rings. The third-order valence-electron chi connectivity index (χ3n) is 6.08. The largest absolute Gasteiger partial charge is 0.497 e. The number of amides is 2. The summed E-state index contributed by atoms with van der Waals surface area (Å²) >= 11 is 3.57. The summed E-state index contributed by atoms with van der Waals surface area (Å²) in [6.07, 6.45) is 1.20. The molecule has 6 nitrogen and oxygen atoms in total. The van der Waals surface area contributed by atoms with Crippen LogP contribution < -0.4 is 14.8 Å². The first-order valence-corrected chi connectivity index (χ1v) is 13.2. The van der Waals surface area contributed by atoms with Crippen molar-refractivity contribution in [3.05, 3.63) is 93.5 Å². The number of hydrogen-bond acceptors (Lipinski definition) is 4. The van der Waals surface area contributed by atoms with Crippen LogP contribution in [0.3, 0.4) is 0 Å². The van der Waals surface area contributed by atoms with Gasteiger partial charge in [-0.15, -0.1) is 0 Å². The number of ether oxygens (including phenoxy) is 2. The molecule has 0 radical (unpaired) electrons. The van der Waals surface area contributed by atoms with Gasteiger partial charge in [0.1, 0.15) is 17.5 Å². The highest BCUT2D eigenvalue weighted by Crippen LogP contribution is 2.26. The molecular weight excluding hydrogens is 532 g/mol. The Morgan fingerprint density at radius 3 is 2.27 bits per heavy atom. The molecule has 1 atom stereocenters. The van der Waals surface area contributed by atoms with E-state index in [0.29, 0.717) is 24.5 Å². The minimum Gasteiger partial charge on any atom is -0.497 e. The third kappa shape index (κ3) is 8.09. The molecule has 0 saturated heterocycles. The van der Waals surface area contributed by atoms with Crippen molar-refractivity contribution in [2.75, 3.05) is 20.3 Å². The zero-order valence-corrected chi connectivity index (χ0v) is 23.5. The fourth-order valence-electron chi connectivity index (χ4n) is 4.10. The lowest BCUT2D eigenvalue weighted by molar-refractivity contribution is -0.142. The van der Waals surface area contributed by atoms with Gasteiger partial charge in [0.05, 0.1) is 7.11 Å². The molecule has 7 heteroatoms. The molecule has 3 rings (SSSR count). The lowest BCUT2D eigenvalue weighted by atomic mass is 10.0. The van der Waals surface area contributed by atoms with E-state index >= 15 is 0 Å². The Kier molecular flexibility index (Phi) is 10.6. The number of carbonyl (C=O) groups excluding carboxylic acids is 2. The summed E-state index contributed by atoms with van der Waals surface area (Å²) in [7, 11) is 1.61. The van der Waals surface area contributed by atoms with Crippen LogP contribution in [0.1, 0.15) is 35.6 Å². The van der Waals surface area contributed by atoms with Crippen LogP contribution in [0, 0.1) is 13.8 Å². The van der Waals surface area contributed by atoms with Crippen LogP contribution in [0.15, 0.2) is 71.2 Å². The van der Waals surface area contributed by atoms with Gasteiger partial charge in [-0.1, -0.05) is 65.3 Å². The minimum absolute atomic E-state index is 0.183. The quantitative estimate of drug-likeness (QED) is 0.309. The zero-order chi connectivity index (χ0) is 26.8. The molecule has 196 valence electrons. The van der Waals surface area contributed by atoms with Gasteiger partial charge in [-0.25, -0.2) is 0 Å². The summed E-state index contributed by atoms with van der Waals surface area (Å²) in [5.41, 5.74) is 3.89. The van der Waals surface area contributed by atoms with Gasteiger partial charge in [-0.05, 0) is 66.8 Å². The number of hydrogen-bond donors (Lipinski definition) is 1. The molecule has 37 heavy (non-hydrogen) atoms. The maximum absolute atomic E-state index is 13.7.